The minimum absolute atomic E-state index is 0.104. The number of halogens is 2. The van der Waals surface area contributed by atoms with E-state index in [1.807, 2.05) is 0 Å². The SMILES string of the molecule is O=C1C(CCC(O)c2ccc(F)cc2)C(c2ccc(OCCCS(=O)(=O)O)cc2)N1c1ccc(F)cc1. The number of hydrogen-bond donors (Lipinski definition) is 2. The van der Waals surface area contributed by atoms with Crippen molar-refractivity contribution in [3.63, 3.8) is 0 Å². The lowest BCUT2D eigenvalue weighted by Gasteiger charge is -2.48. The van der Waals surface area contributed by atoms with Crippen LogP contribution in [0.5, 0.6) is 5.75 Å². The van der Waals surface area contributed by atoms with Gasteiger partial charge in [-0.1, -0.05) is 24.3 Å². The number of rotatable bonds is 11. The number of aliphatic hydroxyl groups is 1. The summed E-state index contributed by atoms with van der Waals surface area (Å²) in [4.78, 5) is 14.7. The zero-order valence-electron chi connectivity index (χ0n) is 19.8. The van der Waals surface area contributed by atoms with Gasteiger partial charge in [-0.15, -0.1) is 0 Å². The molecule has 1 saturated heterocycles. The minimum Gasteiger partial charge on any atom is -0.494 e. The molecule has 0 aromatic heterocycles. The molecule has 0 radical (unpaired) electrons. The van der Waals surface area contributed by atoms with Gasteiger partial charge in [-0.3, -0.25) is 9.35 Å². The predicted octanol–water partition coefficient (Wildman–Crippen LogP) is 4.84. The lowest BCUT2D eigenvalue weighted by atomic mass is 9.78. The Bertz CT molecular complexity index is 1310. The van der Waals surface area contributed by atoms with Crippen molar-refractivity contribution in [2.75, 3.05) is 17.3 Å². The highest BCUT2D eigenvalue weighted by Gasteiger charge is 2.48. The third-order valence-electron chi connectivity index (χ3n) is 6.36. The predicted molar refractivity (Wildman–Crippen MR) is 134 cm³/mol. The van der Waals surface area contributed by atoms with E-state index in [4.69, 9.17) is 9.29 Å². The summed E-state index contributed by atoms with van der Waals surface area (Å²) < 4.78 is 62.7. The first-order valence-corrected chi connectivity index (χ1v) is 13.4. The van der Waals surface area contributed by atoms with Gasteiger partial charge in [-0.05, 0) is 78.9 Å². The maximum absolute atomic E-state index is 13.5. The molecule has 3 atom stereocenters. The van der Waals surface area contributed by atoms with Crippen molar-refractivity contribution in [2.24, 2.45) is 5.92 Å². The van der Waals surface area contributed by atoms with Gasteiger partial charge in [0.2, 0.25) is 5.91 Å². The van der Waals surface area contributed by atoms with Crippen LogP contribution in [-0.2, 0) is 14.9 Å². The zero-order chi connectivity index (χ0) is 26.6. The second-order valence-electron chi connectivity index (χ2n) is 8.94. The molecule has 0 saturated carbocycles. The summed E-state index contributed by atoms with van der Waals surface area (Å²) >= 11 is 0. The summed E-state index contributed by atoms with van der Waals surface area (Å²) in [6.45, 7) is 0.104. The number of carbonyl (C=O) groups is 1. The molecule has 37 heavy (non-hydrogen) atoms. The average molecular weight is 532 g/mol. The fourth-order valence-electron chi connectivity index (χ4n) is 4.48. The Morgan fingerprint density at radius 2 is 1.51 bits per heavy atom. The number of benzene rings is 3. The smallest absolute Gasteiger partial charge is 0.264 e. The largest absolute Gasteiger partial charge is 0.494 e. The lowest BCUT2D eigenvalue weighted by molar-refractivity contribution is -0.131. The van der Waals surface area contributed by atoms with E-state index < -0.39 is 39.5 Å². The van der Waals surface area contributed by atoms with Crippen LogP contribution in [0.25, 0.3) is 0 Å². The molecule has 1 fully saturated rings. The van der Waals surface area contributed by atoms with Crippen molar-refractivity contribution >= 4 is 21.7 Å². The molecule has 2 N–H and O–H groups in total. The fraction of sp³-hybridized carbons (Fsp3) is 0.296. The van der Waals surface area contributed by atoms with Crippen molar-refractivity contribution in [1.29, 1.82) is 0 Å². The van der Waals surface area contributed by atoms with Crippen molar-refractivity contribution in [1.82, 2.24) is 0 Å². The maximum Gasteiger partial charge on any atom is 0.264 e. The number of β-lactam (4-membered cyclic amide) rings is 1. The monoisotopic (exact) mass is 531 g/mol. The average Bonchev–Trinajstić information content (AvgIpc) is 2.86. The first-order valence-electron chi connectivity index (χ1n) is 11.8. The van der Waals surface area contributed by atoms with Crippen LogP contribution in [0.3, 0.4) is 0 Å². The molecular formula is C27H27F2NO6S. The van der Waals surface area contributed by atoms with Crippen molar-refractivity contribution in [3.8, 4) is 5.75 Å². The van der Waals surface area contributed by atoms with Gasteiger partial charge in [-0.2, -0.15) is 8.42 Å². The van der Waals surface area contributed by atoms with Crippen LogP contribution in [0, 0.1) is 17.6 Å². The zero-order valence-corrected chi connectivity index (χ0v) is 20.7. The number of hydrogen-bond acceptors (Lipinski definition) is 5. The van der Waals surface area contributed by atoms with Crippen molar-refractivity contribution in [2.45, 2.75) is 31.4 Å². The maximum atomic E-state index is 13.5. The van der Waals surface area contributed by atoms with Crippen LogP contribution in [0.4, 0.5) is 14.5 Å². The summed E-state index contributed by atoms with van der Waals surface area (Å²) in [6.07, 6.45) is -0.0418. The molecule has 3 aromatic carbocycles. The van der Waals surface area contributed by atoms with Crippen molar-refractivity contribution in [3.05, 3.63) is 95.6 Å². The summed E-state index contributed by atoms with van der Waals surface area (Å²) in [5, 5.41) is 10.6. The molecule has 1 amide bonds. The molecular weight excluding hydrogens is 504 g/mol. The Morgan fingerprint density at radius 3 is 2.11 bits per heavy atom. The second-order valence-corrected chi connectivity index (χ2v) is 10.5. The molecule has 10 heteroatoms. The number of amides is 1. The quantitative estimate of drug-likeness (QED) is 0.209. The highest BCUT2D eigenvalue weighted by molar-refractivity contribution is 7.85. The second kappa shape index (κ2) is 11.4. The van der Waals surface area contributed by atoms with E-state index in [9.17, 15) is 27.1 Å². The Hall–Kier alpha value is -3.34. The number of anilines is 1. The topological polar surface area (TPSA) is 104 Å². The molecule has 4 rings (SSSR count). The number of aliphatic hydroxyl groups excluding tert-OH is 1. The van der Waals surface area contributed by atoms with Crippen LogP contribution in [0.1, 0.15) is 42.5 Å². The highest BCUT2D eigenvalue weighted by atomic mass is 32.2. The molecule has 0 bridgehead atoms. The number of carbonyl (C=O) groups excluding carboxylic acids is 1. The number of nitrogens with zero attached hydrogens (tertiary/aromatic N) is 1. The molecule has 7 nitrogen and oxygen atoms in total. The fourth-order valence-corrected chi connectivity index (χ4v) is 4.97. The molecule has 0 aliphatic carbocycles. The minimum atomic E-state index is -4.05. The van der Waals surface area contributed by atoms with Crippen LogP contribution in [0.15, 0.2) is 72.8 Å². The molecule has 1 heterocycles. The van der Waals surface area contributed by atoms with Crippen molar-refractivity contribution < 1.29 is 36.4 Å². The highest BCUT2D eigenvalue weighted by Crippen LogP contribution is 2.46. The van der Waals surface area contributed by atoms with Crippen LogP contribution in [0.2, 0.25) is 0 Å². The van der Waals surface area contributed by atoms with Gasteiger partial charge in [0.25, 0.3) is 10.1 Å². The summed E-state index contributed by atoms with van der Waals surface area (Å²) in [6, 6.07) is 17.9. The summed E-state index contributed by atoms with van der Waals surface area (Å²) in [5.41, 5.74) is 1.93. The third kappa shape index (κ3) is 6.71. The van der Waals surface area contributed by atoms with Gasteiger partial charge in [0, 0.05) is 5.69 Å². The van der Waals surface area contributed by atoms with Gasteiger partial charge in [0.1, 0.15) is 17.4 Å². The molecule has 196 valence electrons. The Balaban J connectivity index is 1.48. The van der Waals surface area contributed by atoms with Gasteiger partial charge in [0.05, 0.1) is 30.4 Å². The van der Waals surface area contributed by atoms with Crippen LogP contribution < -0.4 is 9.64 Å². The molecule has 1 aliphatic heterocycles. The third-order valence-corrected chi connectivity index (χ3v) is 7.17. The van der Waals surface area contributed by atoms with E-state index in [1.165, 1.54) is 48.5 Å². The Kier molecular flexibility index (Phi) is 8.21. The lowest BCUT2D eigenvalue weighted by Crippen LogP contribution is -2.55. The van der Waals surface area contributed by atoms with Crippen LogP contribution in [-0.4, -0.2) is 36.3 Å². The van der Waals surface area contributed by atoms with Gasteiger partial charge in [0.15, 0.2) is 0 Å². The van der Waals surface area contributed by atoms with Gasteiger partial charge in [-0.25, -0.2) is 8.78 Å². The first-order chi connectivity index (χ1) is 17.6. The van der Waals surface area contributed by atoms with E-state index in [-0.39, 0.29) is 25.0 Å². The normalized spacial score (nSPS) is 18.4. The standard InChI is InChI=1S/C27H27F2NO6S/c28-20-6-2-18(3-7-20)25(31)15-14-24-26(30(27(24)32)22-10-8-21(29)9-11-22)19-4-12-23(13-5-19)36-16-1-17-37(33,34)35/h2-13,24-26,31H,1,14-17H2,(H,33,34,35). The molecule has 0 spiro atoms. The van der Waals surface area contributed by atoms with E-state index in [1.54, 1.807) is 29.2 Å². The van der Waals surface area contributed by atoms with E-state index in [0.29, 0.717) is 29.8 Å². The van der Waals surface area contributed by atoms with E-state index in [2.05, 4.69) is 0 Å². The van der Waals surface area contributed by atoms with Gasteiger partial charge >= 0.3 is 0 Å². The first kappa shape index (κ1) is 26.7. The van der Waals surface area contributed by atoms with Gasteiger partial charge < -0.3 is 14.7 Å². The molecule has 3 aromatic rings. The summed E-state index contributed by atoms with van der Waals surface area (Å²) in [7, 11) is -4.05. The van der Waals surface area contributed by atoms with E-state index >= 15 is 0 Å². The summed E-state index contributed by atoms with van der Waals surface area (Å²) in [5.74, 6) is -1.28. The molecule has 3 unspecified atom stereocenters. The molecule has 1 aliphatic rings. The van der Waals surface area contributed by atoms with Crippen LogP contribution >= 0.6 is 0 Å². The van der Waals surface area contributed by atoms with E-state index in [0.717, 1.165) is 5.56 Å². The number of ether oxygens (including phenoxy) is 1. The Labute approximate surface area is 214 Å². The Morgan fingerprint density at radius 1 is 0.919 bits per heavy atom.